The maximum Gasteiger partial charge on any atom is 0.252 e. The van der Waals surface area contributed by atoms with Crippen LogP contribution in [0.2, 0.25) is 0 Å². The predicted molar refractivity (Wildman–Crippen MR) is 286 cm³/mol. The Balaban J connectivity index is 0.986. The number of nitrogens with two attached hydrogens (primary N) is 1. The van der Waals surface area contributed by atoms with E-state index in [9.17, 15) is 19.2 Å². The molecule has 6 N–H and O–H groups in total. The number of fused-ring (bicyclic) bond motifs is 2. The number of hydrogen-bond acceptors (Lipinski definition) is 14. The minimum absolute atomic E-state index is 0.0320. The van der Waals surface area contributed by atoms with Gasteiger partial charge >= 0.3 is 0 Å². The summed E-state index contributed by atoms with van der Waals surface area (Å²) in [6.07, 6.45) is 5.59. The third-order valence-electron chi connectivity index (χ3n) is 13.4. The molecule has 0 radical (unpaired) electrons. The molecule has 75 heavy (non-hydrogen) atoms. The quantitative estimate of drug-likeness (QED) is 0.0857. The van der Waals surface area contributed by atoms with Crippen LogP contribution in [0, 0.1) is 0 Å². The Morgan fingerprint density at radius 2 is 1.08 bits per heavy atom. The number of carbonyl (C=O) groups excluding carboxylic acids is 4. The number of nitrogens with zero attached hydrogens (tertiary/aromatic N) is 8. The predicted octanol–water partition coefficient (Wildman–Crippen LogP) is 6.66. The molecule has 18 heteroatoms. The lowest BCUT2D eigenvalue weighted by Crippen LogP contribution is -2.46. The van der Waals surface area contributed by atoms with Crippen LogP contribution in [0.15, 0.2) is 109 Å². The van der Waals surface area contributed by atoms with Gasteiger partial charge < -0.3 is 27.0 Å². The van der Waals surface area contributed by atoms with Crippen LogP contribution in [0.3, 0.4) is 0 Å². The Hall–Kier alpha value is -7.64. The van der Waals surface area contributed by atoms with Gasteiger partial charge in [-0.25, -0.2) is 29.9 Å². The smallest absolute Gasteiger partial charge is 0.252 e. The first-order chi connectivity index (χ1) is 36.7. The number of carbonyl (C=O) groups is 4. The molecule has 384 valence electrons. The number of pyridine rings is 6. The van der Waals surface area contributed by atoms with Crippen molar-refractivity contribution in [2.45, 2.75) is 103 Å². The number of rotatable bonds is 11. The van der Waals surface area contributed by atoms with E-state index in [4.69, 9.17) is 35.6 Å². The van der Waals surface area contributed by atoms with Crippen molar-refractivity contribution in [1.82, 2.24) is 61.0 Å². The molecule has 0 saturated carbocycles. The van der Waals surface area contributed by atoms with E-state index in [1.807, 2.05) is 84.9 Å². The molecule has 0 fully saturated rings. The molecular formula is C57H61N13O4S. The van der Waals surface area contributed by atoms with Gasteiger partial charge in [0.15, 0.2) is 0 Å². The molecule has 1 unspecified atom stereocenters. The van der Waals surface area contributed by atoms with Gasteiger partial charge in [0.05, 0.1) is 74.9 Å². The Morgan fingerprint density at radius 3 is 1.63 bits per heavy atom. The van der Waals surface area contributed by atoms with E-state index in [-0.39, 0.29) is 24.3 Å². The molecule has 4 amide bonds. The Morgan fingerprint density at radius 1 is 0.573 bits per heavy atom. The maximum absolute atomic E-state index is 14.8. The summed E-state index contributed by atoms with van der Waals surface area (Å²) in [5, 5.41) is 12.1. The number of aryl methyl sites for hydroxylation is 1. The van der Waals surface area contributed by atoms with E-state index < -0.39 is 11.9 Å². The van der Waals surface area contributed by atoms with Gasteiger partial charge in [0.25, 0.3) is 11.8 Å². The molecule has 17 nitrogen and oxygen atoms in total. The van der Waals surface area contributed by atoms with Crippen molar-refractivity contribution in [2.75, 3.05) is 19.6 Å². The third kappa shape index (κ3) is 13.6. The number of nitrogens with one attached hydrogen (secondary N) is 4. The van der Waals surface area contributed by atoms with E-state index in [2.05, 4.69) is 37.1 Å². The summed E-state index contributed by atoms with van der Waals surface area (Å²) < 4.78 is 0. The first-order valence-corrected chi connectivity index (χ1v) is 26.7. The molecule has 4 aliphatic heterocycles. The molecule has 0 aromatic carbocycles. The number of unbranched alkanes of at least 4 members (excludes halogenated alkanes) is 2. The molecule has 7 aromatic rings. The van der Waals surface area contributed by atoms with Crippen molar-refractivity contribution in [3.05, 3.63) is 164 Å². The lowest BCUT2D eigenvalue weighted by molar-refractivity contribution is -0.123. The van der Waals surface area contributed by atoms with Gasteiger partial charge in [-0.05, 0) is 123 Å². The summed E-state index contributed by atoms with van der Waals surface area (Å²) in [6.45, 7) is 3.84. The first-order valence-electron chi connectivity index (χ1n) is 25.9. The van der Waals surface area contributed by atoms with Crippen molar-refractivity contribution in [3.63, 3.8) is 0 Å². The molecule has 11 rings (SSSR count). The van der Waals surface area contributed by atoms with Crippen LogP contribution in [0.25, 0.3) is 34.2 Å². The van der Waals surface area contributed by atoms with Crippen LogP contribution < -0.4 is 27.0 Å². The van der Waals surface area contributed by atoms with Crippen molar-refractivity contribution in [3.8, 4) is 34.2 Å². The normalized spacial score (nSPS) is 17.5. The van der Waals surface area contributed by atoms with Crippen molar-refractivity contribution < 1.29 is 19.2 Å². The van der Waals surface area contributed by atoms with Crippen LogP contribution in [-0.2, 0) is 61.8 Å². The van der Waals surface area contributed by atoms with Crippen molar-refractivity contribution in [1.29, 1.82) is 0 Å². The van der Waals surface area contributed by atoms with Gasteiger partial charge in [-0.3, -0.25) is 29.0 Å². The van der Waals surface area contributed by atoms with Crippen molar-refractivity contribution >= 4 is 35.0 Å². The summed E-state index contributed by atoms with van der Waals surface area (Å²) >= 11 is 1.65. The molecule has 0 saturated heterocycles. The molecule has 1 atom stereocenters. The summed E-state index contributed by atoms with van der Waals surface area (Å²) in [7, 11) is 0. The second-order valence-electron chi connectivity index (χ2n) is 19.4. The molecular weight excluding hydrogens is 963 g/mol. The van der Waals surface area contributed by atoms with Crippen molar-refractivity contribution in [2.24, 2.45) is 5.73 Å². The van der Waals surface area contributed by atoms with Crippen LogP contribution in [0.1, 0.15) is 110 Å². The largest absolute Gasteiger partial charge is 0.355 e. The number of aromatic nitrogens is 6. The fourth-order valence-electron chi connectivity index (χ4n) is 9.71. The number of thiophene rings is 1. The van der Waals surface area contributed by atoms with E-state index in [0.29, 0.717) is 118 Å². The Kier molecular flexibility index (Phi) is 16.4. The highest BCUT2D eigenvalue weighted by atomic mass is 32.1. The highest BCUT2D eigenvalue weighted by molar-refractivity contribution is 7.12. The van der Waals surface area contributed by atoms with Gasteiger partial charge in [0.1, 0.15) is 6.04 Å². The maximum atomic E-state index is 14.8. The average molecular weight is 1020 g/mol. The third-order valence-corrected chi connectivity index (χ3v) is 14.5. The van der Waals surface area contributed by atoms with Gasteiger partial charge in [0.2, 0.25) is 11.8 Å². The monoisotopic (exact) mass is 1020 g/mol. The molecule has 16 bridgehead atoms. The fourth-order valence-corrected chi connectivity index (χ4v) is 10.7. The Labute approximate surface area is 440 Å². The van der Waals surface area contributed by atoms with E-state index >= 15 is 0 Å². The lowest BCUT2D eigenvalue weighted by atomic mass is 10.1. The molecule has 4 aliphatic rings. The van der Waals surface area contributed by atoms with Gasteiger partial charge in [-0.15, -0.1) is 11.3 Å². The number of hydrogen-bond donors (Lipinski definition) is 5. The first kappa shape index (κ1) is 50.9. The zero-order valence-corrected chi connectivity index (χ0v) is 42.7. The summed E-state index contributed by atoms with van der Waals surface area (Å²) in [5.74, 6) is -0.951. The van der Waals surface area contributed by atoms with Crippen LogP contribution in [0.4, 0.5) is 0 Å². The second-order valence-corrected chi connectivity index (χ2v) is 20.6. The average Bonchev–Trinajstić information content (AvgIpc) is 3.88. The number of amides is 4. The second kappa shape index (κ2) is 24.1. The summed E-state index contributed by atoms with van der Waals surface area (Å²) in [4.78, 5) is 92.6. The highest BCUT2D eigenvalue weighted by Gasteiger charge is 2.25. The van der Waals surface area contributed by atoms with Gasteiger partial charge in [-0.1, -0.05) is 30.7 Å². The van der Waals surface area contributed by atoms with Gasteiger partial charge in [-0.2, -0.15) is 0 Å². The van der Waals surface area contributed by atoms with E-state index in [1.165, 1.54) is 4.88 Å². The van der Waals surface area contributed by atoms with E-state index in [0.717, 1.165) is 76.1 Å². The topological polar surface area (TPSA) is 226 Å². The minimum Gasteiger partial charge on any atom is -0.355 e. The zero-order valence-electron chi connectivity index (χ0n) is 41.9. The van der Waals surface area contributed by atoms with E-state index in [1.54, 1.807) is 29.5 Å². The lowest BCUT2D eigenvalue weighted by Gasteiger charge is -2.24. The van der Waals surface area contributed by atoms with Crippen LogP contribution >= 0.6 is 11.3 Å². The zero-order chi connectivity index (χ0) is 51.5. The molecule has 0 aliphatic carbocycles. The Bertz CT molecular complexity index is 3100. The standard InChI is InChI=1S/C57H61N13O4S/c58-23-25-59-54(71)20-3-1-2-14-45-21-22-46(75-45)30-61-57(74)51-15-4-5-24-60-55(72)37-26-43-35-69-31-39-10-6-16-47(62-39)49-18-8-12-41(64-49)33-70(34-42-13-9-19-50(65-42)48-17-7-11-40(32-69)63-48)36-44-27-38(56(73)68-51)29-53(67-44)52(28-37)66-43/h6-13,16-19,21-22,26-29,51H,1-5,14-15,20,23-25,30-36,58H2,(H,59,71)(H,60,72)(H,61,74)(H,68,73). The molecule has 7 aromatic heterocycles. The minimum atomic E-state index is -0.856. The van der Waals surface area contributed by atoms with Crippen LogP contribution in [0.5, 0.6) is 0 Å². The molecule has 11 heterocycles. The molecule has 0 spiro atoms. The van der Waals surface area contributed by atoms with Gasteiger partial charge in [0, 0.05) is 86.2 Å². The summed E-state index contributed by atoms with van der Waals surface area (Å²) in [5.41, 5.74) is 14.5. The SMILES string of the molecule is NCCNC(=O)CCCCCc1ccc(CNC(=O)C2CCCCNC(=O)c3cc4nc(c3)-c3cc(cc(n3)CN3Cc5cccc(n5)-c5cccc(n5)CN(Cc5cccc(n5)-c5cccc(n5)C3)C4)C(=O)N2)s1. The fraction of sp³-hybridized carbons (Fsp3) is 0.333. The summed E-state index contributed by atoms with van der Waals surface area (Å²) in [6, 6.07) is 34.2. The van der Waals surface area contributed by atoms with Crippen LogP contribution in [-0.4, -0.2) is 89.0 Å². The highest BCUT2D eigenvalue weighted by Crippen LogP contribution is 2.27.